The van der Waals surface area contributed by atoms with Crippen LogP contribution in [-0.2, 0) is 6.18 Å². The largest absolute Gasteiger partial charge is 0.433 e. The van der Waals surface area contributed by atoms with Crippen LogP contribution >= 0.6 is 0 Å². The van der Waals surface area contributed by atoms with Gasteiger partial charge < -0.3 is 0 Å². The zero-order chi connectivity index (χ0) is 13.3. The highest BCUT2D eigenvalue weighted by atomic mass is 19.4. The summed E-state index contributed by atoms with van der Waals surface area (Å²) in [7, 11) is 0. The second-order valence-electron chi connectivity index (χ2n) is 3.82. The number of carbonyl (C=O) groups is 1. The summed E-state index contributed by atoms with van der Waals surface area (Å²) in [5.74, 6) is 0. The Morgan fingerprint density at radius 1 is 1.22 bits per heavy atom. The molecule has 0 aliphatic rings. The van der Waals surface area contributed by atoms with Gasteiger partial charge in [0.2, 0.25) is 0 Å². The number of rotatable bonds is 2. The van der Waals surface area contributed by atoms with Crippen LogP contribution in [0, 0.1) is 6.92 Å². The summed E-state index contributed by atoms with van der Waals surface area (Å²) in [6.45, 7) is 1.83. The lowest BCUT2D eigenvalue weighted by Crippen LogP contribution is -2.13. The molecule has 2 aromatic rings. The summed E-state index contributed by atoms with van der Waals surface area (Å²) in [4.78, 5) is 10.5. The van der Waals surface area contributed by atoms with Crippen molar-refractivity contribution in [2.75, 3.05) is 0 Å². The van der Waals surface area contributed by atoms with E-state index < -0.39 is 11.9 Å². The number of halogens is 3. The fourth-order valence-electron chi connectivity index (χ4n) is 1.54. The van der Waals surface area contributed by atoms with E-state index >= 15 is 0 Å². The number of hydrogen-bond acceptors (Lipinski definition) is 2. The molecule has 0 spiro atoms. The second-order valence-corrected chi connectivity index (χ2v) is 3.82. The number of alkyl halides is 3. The zero-order valence-electron chi connectivity index (χ0n) is 9.40. The van der Waals surface area contributed by atoms with Crippen molar-refractivity contribution in [2.45, 2.75) is 13.1 Å². The van der Waals surface area contributed by atoms with Gasteiger partial charge in [0, 0.05) is 0 Å². The minimum absolute atomic E-state index is 0.247. The van der Waals surface area contributed by atoms with E-state index in [4.69, 9.17) is 0 Å². The average Bonchev–Trinajstić information content (AvgIpc) is 2.74. The Balaban J connectivity index is 2.59. The predicted octanol–water partition coefficient (Wildman–Crippen LogP) is 3.01. The highest BCUT2D eigenvalue weighted by Crippen LogP contribution is 2.31. The molecule has 0 amide bonds. The van der Waals surface area contributed by atoms with Crippen molar-refractivity contribution in [1.29, 1.82) is 0 Å². The number of nitrogens with zero attached hydrogens (tertiary/aromatic N) is 2. The van der Waals surface area contributed by atoms with E-state index in [2.05, 4.69) is 5.10 Å². The minimum Gasteiger partial charge on any atom is -0.296 e. The molecule has 1 aromatic heterocycles. The molecule has 0 aliphatic carbocycles. The summed E-state index contributed by atoms with van der Waals surface area (Å²) in [6, 6.07) is 7.13. The fraction of sp³-hybridized carbons (Fsp3) is 0.167. The Morgan fingerprint density at radius 3 is 2.33 bits per heavy atom. The van der Waals surface area contributed by atoms with Gasteiger partial charge in [0.1, 0.15) is 11.4 Å². The van der Waals surface area contributed by atoms with Crippen molar-refractivity contribution < 1.29 is 18.0 Å². The molecule has 0 unspecified atom stereocenters. The van der Waals surface area contributed by atoms with Crippen molar-refractivity contribution >= 4 is 6.29 Å². The smallest absolute Gasteiger partial charge is 0.296 e. The molecule has 0 atom stereocenters. The molecule has 6 heteroatoms. The van der Waals surface area contributed by atoms with E-state index in [9.17, 15) is 18.0 Å². The van der Waals surface area contributed by atoms with Crippen LogP contribution in [0.25, 0.3) is 5.69 Å². The van der Waals surface area contributed by atoms with E-state index in [1.807, 2.05) is 6.92 Å². The van der Waals surface area contributed by atoms with Crippen LogP contribution in [0.4, 0.5) is 13.2 Å². The highest BCUT2D eigenvalue weighted by molar-refractivity contribution is 5.72. The number of hydrogen-bond donors (Lipinski definition) is 0. The van der Waals surface area contributed by atoms with E-state index in [0.717, 1.165) is 16.3 Å². The zero-order valence-corrected chi connectivity index (χ0v) is 9.40. The van der Waals surface area contributed by atoms with Gasteiger partial charge in [-0.25, -0.2) is 4.68 Å². The summed E-state index contributed by atoms with van der Waals surface area (Å²) >= 11 is 0. The molecule has 1 aromatic carbocycles. The predicted molar refractivity (Wildman–Crippen MR) is 58.7 cm³/mol. The van der Waals surface area contributed by atoms with E-state index in [0.29, 0.717) is 6.29 Å². The number of carbonyl (C=O) groups excluding carboxylic acids is 1. The molecule has 2 rings (SSSR count). The molecule has 0 bridgehead atoms. The van der Waals surface area contributed by atoms with Crippen molar-refractivity contribution in [1.82, 2.24) is 9.78 Å². The number of aromatic nitrogens is 2. The SMILES string of the molecule is Cc1ccc(-n2nc(C=O)cc2C(F)(F)F)cc1. The Hall–Kier alpha value is -2.11. The quantitative estimate of drug-likeness (QED) is 0.772. The lowest BCUT2D eigenvalue weighted by molar-refractivity contribution is -0.142. The van der Waals surface area contributed by atoms with Gasteiger partial charge in [-0.3, -0.25) is 4.79 Å². The summed E-state index contributed by atoms with van der Waals surface area (Å²) in [5.41, 5.74) is -0.0209. The molecule has 3 nitrogen and oxygen atoms in total. The van der Waals surface area contributed by atoms with Crippen molar-refractivity contribution in [3.63, 3.8) is 0 Å². The van der Waals surface area contributed by atoms with Gasteiger partial charge in [0.15, 0.2) is 6.29 Å². The average molecular weight is 254 g/mol. The van der Waals surface area contributed by atoms with Crippen LogP contribution in [0.15, 0.2) is 30.3 Å². The van der Waals surface area contributed by atoms with Crippen molar-refractivity contribution in [3.05, 3.63) is 47.3 Å². The van der Waals surface area contributed by atoms with Gasteiger partial charge in [-0.2, -0.15) is 18.3 Å². The monoisotopic (exact) mass is 254 g/mol. The second kappa shape index (κ2) is 4.29. The molecule has 0 saturated heterocycles. The van der Waals surface area contributed by atoms with Crippen LogP contribution < -0.4 is 0 Å². The first-order valence-corrected chi connectivity index (χ1v) is 5.11. The molecular formula is C12H9F3N2O. The number of benzene rings is 1. The van der Waals surface area contributed by atoms with Crippen molar-refractivity contribution in [2.24, 2.45) is 0 Å². The molecule has 0 saturated carbocycles. The van der Waals surface area contributed by atoms with Gasteiger partial charge in [-0.05, 0) is 25.1 Å². The maximum absolute atomic E-state index is 12.8. The van der Waals surface area contributed by atoms with E-state index in [1.54, 1.807) is 12.1 Å². The third kappa shape index (κ3) is 2.27. The molecule has 0 aliphatic heterocycles. The van der Waals surface area contributed by atoms with Gasteiger partial charge in [0.25, 0.3) is 0 Å². The topological polar surface area (TPSA) is 34.9 Å². The molecule has 0 fully saturated rings. The standard InChI is InChI=1S/C12H9F3N2O/c1-8-2-4-10(5-3-8)17-11(12(13,14)15)6-9(7-18)16-17/h2-7H,1H3. The molecule has 18 heavy (non-hydrogen) atoms. The summed E-state index contributed by atoms with van der Waals surface area (Å²) < 4.78 is 39.1. The Bertz CT molecular complexity index is 570. The van der Waals surface area contributed by atoms with Gasteiger partial charge in [0.05, 0.1) is 5.69 Å². The Kier molecular flexibility index (Phi) is 2.94. The Morgan fingerprint density at radius 2 is 1.83 bits per heavy atom. The van der Waals surface area contributed by atoms with Crippen LogP contribution in [0.2, 0.25) is 0 Å². The third-order valence-electron chi connectivity index (χ3n) is 2.42. The lowest BCUT2D eigenvalue weighted by Gasteiger charge is -2.10. The molecule has 1 heterocycles. The van der Waals surface area contributed by atoms with Crippen LogP contribution in [-0.4, -0.2) is 16.1 Å². The van der Waals surface area contributed by atoms with Gasteiger partial charge >= 0.3 is 6.18 Å². The molecule has 94 valence electrons. The lowest BCUT2D eigenvalue weighted by atomic mass is 10.2. The summed E-state index contributed by atoms with van der Waals surface area (Å²) in [5, 5.41) is 3.62. The van der Waals surface area contributed by atoms with E-state index in [-0.39, 0.29) is 11.4 Å². The van der Waals surface area contributed by atoms with Crippen molar-refractivity contribution in [3.8, 4) is 5.69 Å². The van der Waals surface area contributed by atoms with Crippen LogP contribution in [0.1, 0.15) is 21.7 Å². The van der Waals surface area contributed by atoms with Gasteiger partial charge in [-0.15, -0.1) is 0 Å². The first-order valence-electron chi connectivity index (χ1n) is 5.11. The van der Waals surface area contributed by atoms with E-state index in [1.165, 1.54) is 12.1 Å². The molecule has 0 radical (unpaired) electrons. The van der Waals surface area contributed by atoms with Crippen LogP contribution in [0.5, 0.6) is 0 Å². The number of aryl methyl sites for hydroxylation is 1. The third-order valence-corrected chi connectivity index (χ3v) is 2.42. The van der Waals surface area contributed by atoms with Gasteiger partial charge in [-0.1, -0.05) is 17.7 Å². The maximum Gasteiger partial charge on any atom is 0.433 e. The molecular weight excluding hydrogens is 245 g/mol. The fourth-order valence-corrected chi connectivity index (χ4v) is 1.54. The minimum atomic E-state index is -4.56. The Labute approximate surface area is 101 Å². The maximum atomic E-state index is 12.8. The molecule has 0 N–H and O–H groups in total. The number of aldehydes is 1. The highest BCUT2D eigenvalue weighted by Gasteiger charge is 2.36. The first kappa shape index (κ1) is 12.3. The first-order chi connectivity index (χ1) is 8.41. The van der Waals surface area contributed by atoms with Crippen LogP contribution in [0.3, 0.4) is 0 Å². The summed E-state index contributed by atoms with van der Waals surface area (Å²) in [6.07, 6.45) is -4.26. The normalized spacial score (nSPS) is 11.6.